The van der Waals surface area contributed by atoms with Crippen LogP contribution in [-0.2, 0) is 0 Å². The molecule has 64 valence electrons. The zero-order valence-corrected chi connectivity index (χ0v) is 8.11. The summed E-state index contributed by atoms with van der Waals surface area (Å²) in [6.07, 6.45) is 1.84. The average molecular weight is 180 g/mol. The summed E-state index contributed by atoms with van der Waals surface area (Å²) in [7, 11) is 0. The maximum Gasteiger partial charge on any atom is 0.120 e. The molecule has 0 fully saturated rings. The van der Waals surface area contributed by atoms with Crippen LogP contribution in [0.25, 0.3) is 0 Å². The Hall–Kier alpha value is -0.700. The number of rotatable bonds is 0. The van der Waals surface area contributed by atoms with Crippen molar-refractivity contribution in [2.45, 2.75) is 23.6 Å². The first kappa shape index (κ1) is 7.92. The van der Waals surface area contributed by atoms with Gasteiger partial charge in [0.2, 0.25) is 0 Å². The fourth-order valence-corrected chi connectivity index (χ4v) is 2.24. The van der Waals surface area contributed by atoms with E-state index in [-0.39, 0.29) is 4.75 Å². The van der Waals surface area contributed by atoms with E-state index in [1.807, 2.05) is 24.0 Å². The van der Waals surface area contributed by atoms with E-state index in [0.717, 1.165) is 11.6 Å². The molecule has 2 nitrogen and oxygen atoms in total. The topological polar surface area (TPSA) is 24.9 Å². The molecule has 3 heteroatoms. The Balaban J connectivity index is 2.35. The van der Waals surface area contributed by atoms with Crippen LogP contribution >= 0.6 is 11.8 Å². The van der Waals surface area contributed by atoms with Crippen LogP contribution in [0.4, 0.5) is 5.69 Å². The van der Waals surface area contributed by atoms with Crippen LogP contribution in [-0.4, -0.2) is 16.3 Å². The quantitative estimate of drug-likeness (QED) is 0.663. The highest BCUT2D eigenvalue weighted by atomic mass is 32.2. The van der Waals surface area contributed by atoms with Crippen molar-refractivity contribution >= 4 is 17.4 Å². The van der Waals surface area contributed by atoms with Crippen LogP contribution in [0.15, 0.2) is 23.4 Å². The lowest BCUT2D eigenvalue weighted by atomic mass is 10.2. The van der Waals surface area contributed by atoms with Crippen molar-refractivity contribution in [3.05, 3.63) is 18.3 Å². The Kier molecular flexibility index (Phi) is 1.76. The van der Waals surface area contributed by atoms with Crippen molar-refractivity contribution in [2.24, 2.45) is 0 Å². The number of anilines is 1. The molecule has 0 atom stereocenters. The summed E-state index contributed by atoms with van der Waals surface area (Å²) >= 11 is 1.84. The molecule has 0 saturated heterocycles. The molecule has 0 spiro atoms. The predicted molar refractivity (Wildman–Crippen MR) is 52.7 cm³/mol. The lowest BCUT2D eigenvalue weighted by Crippen LogP contribution is -2.30. The van der Waals surface area contributed by atoms with E-state index in [2.05, 4.69) is 30.2 Å². The van der Waals surface area contributed by atoms with Crippen molar-refractivity contribution in [1.82, 2.24) is 4.98 Å². The van der Waals surface area contributed by atoms with Gasteiger partial charge >= 0.3 is 0 Å². The average Bonchev–Trinajstić information content (AvgIpc) is 2.02. The van der Waals surface area contributed by atoms with Gasteiger partial charge in [-0.2, -0.15) is 0 Å². The third-order valence-electron chi connectivity index (χ3n) is 1.85. The Morgan fingerprint density at radius 2 is 2.42 bits per heavy atom. The number of nitrogens with zero attached hydrogens (tertiary/aromatic N) is 1. The van der Waals surface area contributed by atoms with Gasteiger partial charge in [-0.05, 0) is 26.0 Å². The van der Waals surface area contributed by atoms with Crippen LogP contribution in [0, 0.1) is 0 Å². The summed E-state index contributed by atoms with van der Waals surface area (Å²) in [6.45, 7) is 5.46. The van der Waals surface area contributed by atoms with Gasteiger partial charge in [0.15, 0.2) is 0 Å². The summed E-state index contributed by atoms with van der Waals surface area (Å²) in [5.41, 5.74) is 1.17. The Morgan fingerprint density at radius 1 is 1.58 bits per heavy atom. The number of pyridine rings is 1. The van der Waals surface area contributed by atoms with Crippen LogP contribution in [0.5, 0.6) is 0 Å². The highest BCUT2D eigenvalue weighted by molar-refractivity contribution is 8.00. The highest BCUT2D eigenvalue weighted by Gasteiger charge is 2.26. The van der Waals surface area contributed by atoms with Gasteiger partial charge in [0, 0.05) is 17.5 Å². The van der Waals surface area contributed by atoms with Crippen LogP contribution < -0.4 is 5.32 Å². The molecular formula is C9H12N2S. The molecular weight excluding hydrogens is 168 g/mol. The minimum atomic E-state index is 0.265. The lowest BCUT2D eigenvalue weighted by molar-refractivity contribution is 0.733. The standard InChI is InChI=1S/C9H12N2S/c1-9(2)6-11-7-4-3-5-10-8(7)12-9/h3-5,11H,6H2,1-2H3. The van der Waals surface area contributed by atoms with Gasteiger partial charge in [-0.1, -0.05) is 11.8 Å². The minimum absolute atomic E-state index is 0.265. The third-order valence-corrected chi connectivity index (χ3v) is 3.06. The van der Waals surface area contributed by atoms with Crippen LogP contribution in [0.2, 0.25) is 0 Å². The monoisotopic (exact) mass is 180 g/mol. The fraction of sp³-hybridized carbons (Fsp3) is 0.444. The number of hydrogen-bond donors (Lipinski definition) is 1. The molecule has 1 aromatic heterocycles. The zero-order valence-electron chi connectivity index (χ0n) is 7.29. The molecule has 2 rings (SSSR count). The van der Waals surface area contributed by atoms with E-state index < -0.39 is 0 Å². The van der Waals surface area contributed by atoms with Gasteiger partial charge in [0.25, 0.3) is 0 Å². The minimum Gasteiger partial charge on any atom is -0.381 e. The first-order valence-corrected chi connectivity index (χ1v) is 4.87. The molecule has 1 aromatic rings. The fourth-order valence-electron chi connectivity index (χ4n) is 1.21. The second-order valence-electron chi connectivity index (χ2n) is 3.57. The van der Waals surface area contributed by atoms with E-state index in [1.165, 1.54) is 5.69 Å². The van der Waals surface area contributed by atoms with Gasteiger partial charge in [-0.25, -0.2) is 4.98 Å². The Bertz CT molecular complexity index is 296. The first-order valence-electron chi connectivity index (χ1n) is 4.05. The normalized spacial score (nSPS) is 19.5. The maximum atomic E-state index is 4.32. The molecule has 1 aliphatic rings. The Morgan fingerprint density at radius 3 is 3.25 bits per heavy atom. The molecule has 1 aliphatic heterocycles. The maximum absolute atomic E-state index is 4.32. The number of fused-ring (bicyclic) bond motifs is 1. The van der Waals surface area contributed by atoms with Crippen molar-refractivity contribution in [1.29, 1.82) is 0 Å². The van der Waals surface area contributed by atoms with E-state index in [1.54, 1.807) is 0 Å². The molecule has 0 bridgehead atoms. The van der Waals surface area contributed by atoms with E-state index in [9.17, 15) is 0 Å². The third kappa shape index (κ3) is 1.41. The van der Waals surface area contributed by atoms with Crippen LogP contribution in [0.1, 0.15) is 13.8 Å². The van der Waals surface area contributed by atoms with Crippen molar-refractivity contribution in [3.8, 4) is 0 Å². The number of aromatic nitrogens is 1. The molecule has 0 aliphatic carbocycles. The second-order valence-corrected chi connectivity index (χ2v) is 5.27. The smallest absolute Gasteiger partial charge is 0.120 e. The van der Waals surface area contributed by atoms with Crippen molar-refractivity contribution in [3.63, 3.8) is 0 Å². The van der Waals surface area contributed by atoms with Gasteiger partial charge in [-0.3, -0.25) is 0 Å². The van der Waals surface area contributed by atoms with E-state index >= 15 is 0 Å². The molecule has 0 amide bonds. The zero-order chi connectivity index (χ0) is 8.60. The molecule has 1 N–H and O–H groups in total. The number of hydrogen-bond acceptors (Lipinski definition) is 3. The number of thioether (sulfide) groups is 1. The van der Waals surface area contributed by atoms with E-state index in [0.29, 0.717) is 0 Å². The highest BCUT2D eigenvalue weighted by Crippen LogP contribution is 2.39. The van der Waals surface area contributed by atoms with Crippen LogP contribution in [0.3, 0.4) is 0 Å². The summed E-state index contributed by atoms with van der Waals surface area (Å²) in [4.78, 5) is 4.32. The van der Waals surface area contributed by atoms with E-state index in [4.69, 9.17) is 0 Å². The first-order chi connectivity index (χ1) is 5.67. The lowest BCUT2D eigenvalue weighted by Gasteiger charge is -2.30. The molecule has 12 heavy (non-hydrogen) atoms. The molecule has 2 heterocycles. The van der Waals surface area contributed by atoms with Gasteiger partial charge in [0.05, 0.1) is 5.69 Å². The molecule has 0 aromatic carbocycles. The predicted octanol–water partition coefficient (Wildman–Crippen LogP) is 2.38. The largest absolute Gasteiger partial charge is 0.381 e. The molecule has 0 radical (unpaired) electrons. The van der Waals surface area contributed by atoms with Gasteiger partial charge < -0.3 is 5.32 Å². The SMILES string of the molecule is CC1(C)CNc2cccnc2S1. The van der Waals surface area contributed by atoms with Crippen molar-refractivity contribution < 1.29 is 0 Å². The van der Waals surface area contributed by atoms with Crippen molar-refractivity contribution in [2.75, 3.05) is 11.9 Å². The number of nitrogens with one attached hydrogen (secondary N) is 1. The summed E-state index contributed by atoms with van der Waals surface area (Å²) in [5, 5.41) is 4.49. The van der Waals surface area contributed by atoms with Gasteiger partial charge in [-0.15, -0.1) is 0 Å². The summed E-state index contributed by atoms with van der Waals surface area (Å²) in [6, 6.07) is 4.04. The molecule has 0 saturated carbocycles. The Labute approximate surface area is 76.8 Å². The summed E-state index contributed by atoms with van der Waals surface area (Å²) < 4.78 is 0.265. The summed E-state index contributed by atoms with van der Waals surface area (Å²) in [5.74, 6) is 0. The molecule has 0 unspecified atom stereocenters. The van der Waals surface area contributed by atoms with Gasteiger partial charge in [0.1, 0.15) is 5.03 Å². The second kappa shape index (κ2) is 2.66.